The van der Waals surface area contributed by atoms with Gasteiger partial charge in [-0.2, -0.15) is 0 Å². The van der Waals surface area contributed by atoms with Gasteiger partial charge in [0.1, 0.15) is 17.4 Å². The average molecular weight is 389 g/mol. The van der Waals surface area contributed by atoms with Gasteiger partial charge in [0, 0.05) is 5.56 Å². The SMILES string of the molecule is O=C(O)C(CNC(=O)C1(c2ccccc2F)CCCC1)Oc1ccc(F)cc1. The van der Waals surface area contributed by atoms with E-state index in [0.717, 1.165) is 25.0 Å². The zero-order valence-electron chi connectivity index (χ0n) is 15.2. The minimum Gasteiger partial charge on any atom is -0.478 e. The summed E-state index contributed by atoms with van der Waals surface area (Å²) in [6.07, 6.45) is 1.22. The van der Waals surface area contributed by atoms with Crippen molar-refractivity contribution in [3.05, 3.63) is 65.7 Å². The molecule has 1 atom stereocenters. The lowest BCUT2D eigenvalue weighted by Gasteiger charge is -2.29. The molecule has 148 valence electrons. The molecule has 0 aliphatic heterocycles. The molecule has 2 N–H and O–H groups in total. The first kappa shape index (κ1) is 19.8. The summed E-state index contributed by atoms with van der Waals surface area (Å²) < 4.78 is 32.7. The second kappa shape index (κ2) is 8.37. The van der Waals surface area contributed by atoms with Crippen LogP contribution in [0.2, 0.25) is 0 Å². The number of amides is 1. The summed E-state index contributed by atoms with van der Waals surface area (Å²) in [5, 5.41) is 12.0. The Kier molecular flexibility index (Phi) is 5.92. The third kappa shape index (κ3) is 4.13. The number of carboxylic acids is 1. The van der Waals surface area contributed by atoms with Crippen molar-refractivity contribution in [2.75, 3.05) is 6.54 Å². The smallest absolute Gasteiger partial charge is 0.346 e. The highest BCUT2D eigenvalue weighted by atomic mass is 19.1. The van der Waals surface area contributed by atoms with Crippen LogP contribution in [0, 0.1) is 11.6 Å². The molecule has 1 aliphatic carbocycles. The predicted molar refractivity (Wildman–Crippen MR) is 98.0 cm³/mol. The van der Waals surface area contributed by atoms with Crippen molar-refractivity contribution in [2.45, 2.75) is 37.2 Å². The van der Waals surface area contributed by atoms with Gasteiger partial charge in [0.25, 0.3) is 0 Å². The monoisotopic (exact) mass is 389 g/mol. The van der Waals surface area contributed by atoms with Gasteiger partial charge in [-0.1, -0.05) is 31.0 Å². The molecule has 1 amide bonds. The van der Waals surface area contributed by atoms with Crippen LogP contribution >= 0.6 is 0 Å². The molecule has 0 radical (unpaired) electrons. The van der Waals surface area contributed by atoms with Crippen LogP contribution in [0.4, 0.5) is 8.78 Å². The number of ether oxygens (including phenoxy) is 1. The number of carbonyl (C=O) groups excluding carboxylic acids is 1. The van der Waals surface area contributed by atoms with Crippen LogP contribution < -0.4 is 10.1 Å². The van der Waals surface area contributed by atoms with E-state index >= 15 is 0 Å². The number of rotatable bonds is 7. The molecule has 5 nitrogen and oxygen atoms in total. The lowest BCUT2D eigenvalue weighted by atomic mass is 9.77. The first-order valence-electron chi connectivity index (χ1n) is 9.11. The molecule has 0 spiro atoms. The lowest BCUT2D eigenvalue weighted by Crippen LogP contribution is -2.48. The van der Waals surface area contributed by atoms with Crippen LogP contribution in [0.5, 0.6) is 5.75 Å². The molecule has 0 heterocycles. The van der Waals surface area contributed by atoms with E-state index in [-0.39, 0.29) is 12.3 Å². The Balaban J connectivity index is 1.73. The largest absolute Gasteiger partial charge is 0.478 e. The fourth-order valence-corrected chi connectivity index (χ4v) is 3.66. The second-order valence-electron chi connectivity index (χ2n) is 6.88. The van der Waals surface area contributed by atoms with Crippen LogP contribution in [0.3, 0.4) is 0 Å². The van der Waals surface area contributed by atoms with Crippen LogP contribution in [0.1, 0.15) is 31.2 Å². The van der Waals surface area contributed by atoms with Crippen molar-refractivity contribution >= 4 is 11.9 Å². The Hall–Kier alpha value is -2.96. The summed E-state index contributed by atoms with van der Waals surface area (Å²) in [6, 6.07) is 11.1. The second-order valence-corrected chi connectivity index (χ2v) is 6.88. The van der Waals surface area contributed by atoms with Gasteiger partial charge >= 0.3 is 5.97 Å². The molecule has 2 aromatic rings. The van der Waals surface area contributed by atoms with Gasteiger partial charge in [-0.25, -0.2) is 13.6 Å². The minimum atomic E-state index is -1.35. The summed E-state index contributed by atoms with van der Waals surface area (Å²) in [7, 11) is 0. The highest BCUT2D eigenvalue weighted by Crippen LogP contribution is 2.42. The van der Waals surface area contributed by atoms with E-state index in [1.165, 1.54) is 18.2 Å². The maximum Gasteiger partial charge on any atom is 0.346 e. The van der Waals surface area contributed by atoms with Gasteiger partial charge in [0.15, 0.2) is 0 Å². The lowest BCUT2D eigenvalue weighted by molar-refractivity contribution is -0.145. The quantitative estimate of drug-likeness (QED) is 0.761. The molecule has 0 bridgehead atoms. The number of carboxylic acid groups (broad SMARTS) is 1. The minimum absolute atomic E-state index is 0.174. The van der Waals surface area contributed by atoms with E-state index in [0.29, 0.717) is 18.4 Å². The molecule has 3 rings (SSSR count). The fourth-order valence-electron chi connectivity index (χ4n) is 3.66. The van der Waals surface area contributed by atoms with Gasteiger partial charge < -0.3 is 15.2 Å². The number of nitrogens with one attached hydrogen (secondary N) is 1. The Bertz CT molecular complexity index is 848. The molecule has 1 saturated carbocycles. The van der Waals surface area contributed by atoms with Crippen molar-refractivity contribution in [2.24, 2.45) is 0 Å². The van der Waals surface area contributed by atoms with Crippen molar-refractivity contribution in [1.29, 1.82) is 0 Å². The first-order chi connectivity index (χ1) is 13.4. The van der Waals surface area contributed by atoms with Gasteiger partial charge in [0.2, 0.25) is 12.0 Å². The van der Waals surface area contributed by atoms with Crippen LogP contribution in [0.15, 0.2) is 48.5 Å². The van der Waals surface area contributed by atoms with E-state index in [1.54, 1.807) is 18.2 Å². The summed E-state index contributed by atoms with van der Waals surface area (Å²) in [5.41, 5.74) is -0.680. The van der Waals surface area contributed by atoms with Crippen LogP contribution in [-0.4, -0.2) is 29.6 Å². The third-order valence-electron chi connectivity index (χ3n) is 5.10. The molecule has 0 saturated heterocycles. The molecule has 1 fully saturated rings. The standard InChI is InChI=1S/C21H21F2NO4/c22-14-7-9-15(10-8-14)28-18(19(25)26)13-24-20(27)21(11-3-4-12-21)16-5-1-2-6-17(16)23/h1-2,5-10,18H,3-4,11-13H2,(H,24,27)(H,25,26). The van der Waals surface area contributed by atoms with Crippen LogP contribution in [-0.2, 0) is 15.0 Å². The number of hydrogen-bond acceptors (Lipinski definition) is 3. The van der Waals surface area contributed by atoms with E-state index in [9.17, 15) is 23.5 Å². The molecule has 0 aromatic heterocycles. The molecular weight excluding hydrogens is 368 g/mol. The van der Waals surface area contributed by atoms with E-state index in [1.807, 2.05) is 0 Å². The van der Waals surface area contributed by atoms with Gasteiger partial charge in [-0.3, -0.25) is 4.79 Å². The van der Waals surface area contributed by atoms with Crippen molar-refractivity contribution < 1.29 is 28.2 Å². The third-order valence-corrected chi connectivity index (χ3v) is 5.10. The first-order valence-corrected chi connectivity index (χ1v) is 9.11. The average Bonchev–Trinajstić information content (AvgIpc) is 3.17. The molecule has 7 heteroatoms. The van der Waals surface area contributed by atoms with E-state index < -0.39 is 35.0 Å². The van der Waals surface area contributed by atoms with E-state index in [2.05, 4.69) is 5.32 Å². The topological polar surface area (TPSA) is 75.6 Å². The summed E-state index contributed by atoms with van der Waals surface area (Å²) in [5.74, 6) is -2.43. The Labute approximate surface area is 161 Å². The Morgan fingerprint density at radius 3 is 2.32 bits per heavy atom. The zero-order chi connectivity index (χ0) is 20.1. The summed E-state index contributed by atoms with van der Waals surface area (Å²) in [6.45, 7) is -0.290. The molecular formula is C21H21F2NO4. The Morgan fingerprint density at radius 1 is 1.07 bits per heavy atom. The van der Waals surface area contributed by atoms with Gasteiger partial charge in [0.05, 0.1) is 12.0 Å². The summed E-state index contributed by atoms with van der Waals surface area (Å²) in [4.78, 5) is 24.5. The molecule has 1 unspecified atom stereocenters. The van der Waals surface area contributed by atoms with Crippen LogP contribution in [0.25, 0.3) is 0 Å². The van der Waals surface area contributed by atoms with E-state index in [4.69, 9.17) is 4.74 Å². The van der Waals surface area contributed by atoms with Crippen molar-refractivity contribution in [3.8, 4) is 5.75 Å². The molecule has 2 aromatic carbocycles. The number of halogens is 2. The normalized spacial score (nSPS) is 16.4. The Morgan fingerprint density at radius 2 is 1.71 bits per heavy atom. The van der Waals surface area contributed by atoms with Crippen molar-refractivity contribution in [3.63, 3.8) is 0 Å². The highest BCUT2D eigenvalue weighted by molar-refractivity contribution is 5.89. The number of carbonyl (C=O) groups is 2. The number of aliphatic carboxylic acids is 1. The van der Waals surface area contributed by atoms with Crippen molar-refractivity contribution in [1.82, 2.24) is 5.32 Å². The maximum atomic E-state index is 14.4. The molecule has 1 aliphatic rings. The number of hydrogen-bond donors (Lipinski definition) is 2. The fraction of sp³-hybridized carbons (Fsp3) is 0.333. The number of benzene rings is 2. The molecule has 28 heavy (non-hydrogen) atoms. The van der Waals surface area contributed by atoms with Gasteiger partial charge in [-0.15, -0.1) is 0 Å². The predicted octanol–water partition coefficient (Wildman–Crippen LogP) is 3.43. The zero-order valence-corrected chi connectivity index (χ0v) is 15.2. The van der Waals surface area contributed by atoms with Gasteiger partial charge in [-0.05, 0) is 43.2 Å². The summed E-state index contributed by atoms with van der Waals surface area (Å²) >= 11 is 0. The highest BCUT2D eigenvalue weighted by Gasteiger charge is 2.44. The maximum absolute atomic E-state index is 14.4.